The minimum atomic E-state index is -1.09. The van der Waals surface area contributed by atoms with Crippen molar-refractivity contribution < 1.29 is 9.13 Å². The van der Waals surface area contributed by atoms with Gasteiger partial charge in [-0.15, -0.1) is 0 Å². The van der Waals surface area contributed by atoms with E-state index in [1.165, 1.54) is 5.69 Å². The Morgan fingerprint density at radius 3 is 2.63 bits per heavy atom. The van der Waals surface area contributed by atoms with Gasteiger partial charge in [-0.25, -0.2) is 4.39 Å². The van der Waals surface area contributed by atoms with Gasteiger partial charge in [-0.1, -0.05) is 0 Å². The SMILES string of the molecule is COCC1(F)C[C@@H]2C(c3cc(C)nn3C(C)C)[C@@H]2C1. The third-order valence-corrected chi connectivity index (χ3v) is 4.66. The van der Waals surface area contributed by atoms with Gasteiger partial charge >= 0.3 is 0 Å². The minimum absolute atomic E-state index is 0.245. The third kappa shape index (κ3) is 2.10. The summed E-state index contributed by atoms with van der Waals surface area (Å²) in [4.78, 5) is 0. The summed E-state index contributed by atoms with van der Waals surface area (Å²) in [6.07, 6.45) is 1.30. The number of rotatable bonds is 4. The molecule has 1 heterocycles. The van der Waals surface area contributed by atoms with Crippen molar-refractivity contribution in [2.45, 2.75) is 51.2 Å². The molecule has 0 spiro atoms. The predicted molar refractivity (Wildman–Crippen MR) is 72.0 cm³/mol. The first-order chi connectivity index (χ1) is 8.95. The predicted octanol–water partition coefficient (Wildman–Crippen LogP) is 3.25. The van der Waals surface area contributed by atoms with Gasteiger partial charge in [-0.2, -0.15) is 5.10 Å². The Balaban J connectivity index is 1.76. The Morgan fingerprint density at radius 1 is 1.47 bits per heavy atom. The van der Waals surface area contributed by atoms with E-state index in [4.69, 9.17) is 4.74 Å². The van der Waals surface area contributed by atoms with Gasteiger partial charge in [0.05, 0.1) is 12.3 Å². The fourth-order valence-corrected chi connectivity index (χ4v) is 3.94. The molecular formula is C15H23FN2O. The molecular weight excluding hydrogens is 243 g/mol. The molecule has 1 aromatic rings. The van der Waals surface area contributed by atoms with Crippen LogP contribution < -0.4 is 0 Å². The summed E-state index contributed by atoms with van der Waals surface area (Å²) in [5.41, 5.74) is 1.29. The molecule has 2 fully saturated rings. The molecule has 3 nitrogen and oxygen atoms in total. The van der Waals surface area contributed by atoms with Gasteiger partial charge < -0.3 is 4.74 Å². The molecule has 2 unspecified atom stereocenters. The maximum absolute atomic E-state index is 14.4. The zero-order chi connectivity index (χ0) is 13.8. The van der Waals surface area contributed by atoms with Crippen molar-refractivity contribution in [2.75, 3.05) is 13.7 Å². The first-order valence-corrected chi connectivity index (χ1v) is 7.19. The molecule has 4 atom stereocenters. The number of fused-ring (bicyclic) bond motifs is 1. The van der Waals surface area contributed by atoms with Gasteiger partial charge in [0.25, 0.3) is 0 Å². The summed E-state index contributed by atoms with van der Waals surface area (Å²) in [5, 5.41) is 4.57. The van der Waals surface area contributed by atoms with Gasteiger partial charge in [0.15, 0.2) is 0 Å². The zero-order valence-corrected chi connectivity index (χ0v) is 12.2. The fourth-order valence-electron chi connectivity index (χ4n) is 3.94. The van der Waals surface area contributed by atoms with Crippen LogP contribution in [0.1, 0.15) is 50.0 Å². The Morgan fingerprint density at radius 2 is 2.11 bits per heavy atom. The number of hydrogen-bond acceptors (Lipinski definition) is 2. The normalized spacial score (nSPS) is 36.8. The van der Waals surface area contributed by atoms with Gasteiger partial charge in [-0.05, 0) is 51.5 Å². The van der Waals surface area contributed by atoms with Crippen molar-refractivity contribution >= 4 is 0 Å². The lowest BCUT2D eigenvalue weighted by molar-refractivity contribution is 0.0353. The van der Waals surface area contributed by atoms with Crippen LogP contribution in [0.5, 0.6) is 0 Å². The van der Waals surface area contributed by atoms with Crippen molar-refractivity contribution in [1.82, 2.24) is 9.78 Å². The maximum Gasteiger partial charge on any atom is 0.134 e. The number of aromatic nitrogens is 2. The van der Waals surface area contributed by atoms with Gasteiger partial charge in [-0.3, -0.25) is 4.68 Å². The number of halogens is 1. The van der Waals surface area contributed by atoms with E-state index in [-0.39, 0.29) is 6.61 Å². The molecule has 0 radical (unpaired) electrons. The van der Waals surface area contributed by atoms with Crippen molar-refractivity contribution in [2.24, 2.45) is 11.8 Å². The highest BCUT2D eigenvalue weighted by atomic mass is 19.1. The van der Waals surface area contributed by atoms with E-state index in [9.17, 15) is 4.39 Å². The Kier molecular flexibility index (Phi) is 2.97. The quantitative estimate of drug-likeness (QED) is 0.836. The van der Waals surface area contributed by atoms with Crippen LogP contribution >= 0.6 is 0 Å². The highest BCUT2D eigenvalue weighted by Gasteiger charge is 2.63. The lowest BCUT2D eigenvalue weighted by Gasteiger charge is -2.22. The molecule has 4 heteroatoms. The fraction of sp³-hybridized carbons (Fsp3) is 0.800. The highest BCUT2D eigenvalue weighted by molar-refractivity contribution is 5.28. The summed E-state index contributed by atoms with van der Waals surface area (Å²) in [5.74, 6) is 1.51. The first kappa shape index (κ1) is 13.1. The van der Waals surface area contributed by atoms with Crippen LogP contribution in [0.3, 0.4) is 0 Å². The molecule has 0 saturated heterocycles. The van der Waals surface area contributed by atoms with Crippen molar-refractivity contribution in [3.05, 3.63) is 17.5 Å². The van der Waals surface area contributed by atoms with Crippen LogP contribution in [0.25, 0.3) is 0 Å². The second-order valence-corrected chi connectivity index (χ2v) is 6.59. The molecule has 0 aromatic carbocycles. The molecule has 0 amide bonds. The molecule has 2 aliphatic carbocycles. The molecule has 1 aromatic heterocycles. The molecule has 0 bridgehead atoms. The zero-order valence-electron chi connectivity index (χ0n) is 12.2. The standard InChI is InChI=1S/C15H23FN2O/c1-9(2)18-13(5-10(3)17-18)14-11-6-15(16,8-19-4)7-12(11)14/h5,9,11-12,14H,6-8H2,1-4H3/t11-,12+,14?,15?. The number of ether oxygens (including phenoxy) is 1. The Hall–Kier alpha value is -0.900. The number of alkyl halides is 1. The third-order valence-electron chi connectivity index (χ3n) is 4.66. The minimum Gasteiger partial charge on any atom is -0.381 e. The van der Waals surface area contributed by atoms with E-state index < -0.39 is 5.67 Å². The molecule has 106 valence electrons. The smallest absolute Gasteiger partial charge is 0.134 e. The van der Waals surface area contributed by atoms with E-state index in [1.54, 1.807) is 7.11 Å². The van der Waals surface area contributed by atoms with E-state index in [0.717, 1.165) is 5.69 Å². The van der Waals surface area contributed by atoms with Crippen molar-refractivity contribution in [3.63, 3.8) is 0 Å². The summed E-state index contributed by atoms with van der Waals surface area (Å²) in [6, 6.07) is 2.55. The summed E-state index contributed by atoms with van der Waals surface area (Å²) in [7, 11) is 1.58. The number of aryl methyl sites for hydroxylation is 1. The molecule has 0 N–H and O–H groups in total. The van der Waals surface area contributed by atoms with Crippen molar-refractivity contribution in [3.8, 4) is 0 Å². The molecule has 2 aliphatic rings. The van der Waals surface area contributed by atoms with E-state index in [2.05, 4.69) is 29.7 Å². The maximum atomic E-state index is 14.4. The van der Waals surface area contributed by atoms with Crippen molar-refractivity contribution in [1.29, 1.82) is 0 Å². The Labute approximate surface area is 114 Å². The first-order valence-electron chi connectivity index (χ1n) is 7.19. The largest absolute Gasteiger partial charge is 0.381 e. The topological polar surface area (TPSA) is 27.1 Å². The second-order valence-electron chi connectivity index (χ2n) is 6.59. The molecule has 2 saturated carbocycles. The molecule has 19 heavy (non-hydrogen) atoms. The average Bonchev–Trinajstić information content (AvgIpc) is 2.70. The second kappa shape index (κ2) is 4.30. The van der Waals surface area contributed by atoms with Gasteiger partial charge in [0.2, 0.25) is 0 Å². The summed E-state index contributed by atoms with van der Waals surface area (Å²) < 4.78 is 21.5. The monoisotopic (exact) mass is 266 g/mol. The number of methoxy groups -OCH3 is 1. The lowest BCUT2D eigenvalue weighted by atomic mass is 9.96. The average molecular weight is 266 g/mol. The van der Waals surface area contributed by atoms with Gasteiger partial charge in [0, 0.05) is 24.8 Å². The van der Waals surface area contributed by atoms with Crippen LogP contribution in [-0.4, -0.2) is 29.2 Å². The van der Waals surface area contributed by atoms with Gasteiger partial charge in [0.1, 0.15) is 5.67 Å². The van der Waals surface area contributed by atoms with Crippen LogP contribution in [-0.2, 0) is 4.74 Å². The molecule has 0 aliphatic heterocycles. The van der Waals surface area contributed by atoms with Crippen LogP contribution in [0.15, 0.2) is 6.07 Å². The van der Waals surface area contributed by atoms with Crippen LogP contribution in [0, 0.1) is 18.8 Å². The summed E-state index contributed by atoms with van der Waals surface area (Å²) >= 11 is 0. The van der Waals surface area contributed by atoms with Crippen LogP contribution in [0.4, 0.5) is 4.39 Å². The lowest BCUT2D eigenvalue weighted by Crippen LogP contribution is -2.27. The Bertz CT molecular complexity index is 470. The number of nitrogens with zero attached hydrogens (tertiary/aromatic N) is 2. The number of hydrogen-bond donors (Lipinski definition) is 0. The van der Waals surface area contributed by atoms with E-state index >= 15 is 0 Å². The highest BCUT2D eigenvalue weighted by Crippen LogP contribution is 2.66. The van der Waals surface area contributed by atoms with Crippen LogP contribution in [0.2, 0.25) is 0 Å². The van der Waals surface area contributed by atoms with E-state index in [0.29, 0.717) is 36.6 Å². The summed E-state index contributed by atoms with van der Waals surface area (Å²) in [6.45, 7) is 6.58. The van der Waals surface area contributed by atoms with E-state index in [1.807, 2.05) is 6.92 Å². The molecule has 3 rings (SSSR count).